The van der Waals surface area contributed by atoms with Crippen LogP contribution in [0, 0.1) is 6.92 Å². The van der Waals surface area contributed by atoms with Gasteiger partial charge < -0.3 is 11.1 Å². The highest BCUT2D eigenvalue weighted by molar-refractivity contribution is 7.08. The molecule has 1 aromatic heterocycles. The molecule has 0 saturated carbocycles. The Morgan fingerprint density at radius 1 is 1.55 bits per heavy atom. The summed E-state index contributed by atoms with van der Waals surface area (Å²) in [7, 11) is 0. The average Bonchev–Trinajstić information content (AvgIpc) is 2.37. The van der Waals surface area contributed by atoms with Crippen LogP contribution in [0.1, 0.15) is 11.1 Å². The Bertz CT molecular complexity index is 208. The number of rotatable bonds is 4. The first-order chi connectivity index (χ1) is 5.34. The minimum absolute atomic E-state index is 0.711. The number of aryl methyl sites for hydroxylation is 1. The summed E-state index contributed by atoms with van der Waals surface area (Å²) >= 11 is 1.75. The van der Waals surface area contributed by atoms with E-state index in [9.17, 15) is 0 Å². The standard InChI is InChI=1S/C8H14N2S/c1-7-5-11-6-8(7)4-10-3-2-9/h5-6,10H,2-4,9H2,1H3. The first-order valence-electron chi connectivity index (χ1n) is 3.77. The second-order valence-corrected chi connectivity index (χ2v) is 3.29. The van der Waals surface area contributed by atoms with E-state index in [-0.39, 0.29) is 0 Å². The van der Waals surface area contributed by atoms with Crippen molar-refractivity contribution in [1.82, 2.24) is 5.32 Å². The van der Waals surface area contributed by atoms with Gasteiger partial charge in [-0.1, -0.05) is 0 Å². The lowest BCUT2D eigenvalue weighted by Crippen LogP contribution is -2.21. The summed E-state index contributed by atoms with van der Waals surface area (Å²) in [5.74, 6) is 0. The van der Waals surface area contributed by atoms with E-state index in [0.29, 0.717) is 6.54 Å². The van der Waals surface area contributed by atoms with E-state index in [1.165, 1.54) is 11.1 Å². The summed E-state index contributed by atoms with van der Waals surface area (Å²) in [4.78, 5) is 0. The van der Waals surface area contributed by atoms with Crippen molar-refractivity contribution >= 4 is 11.3 Å². The van der Waals surface area contributed by atoms with Crippen molar-refractivity contribution in [2.75, 3.05) is 13.1 Å². The predicted molar refractivity (Wildman–Crippen MR) is 49.8 cm³/mol. The fourth-order valence-corrected chi connectivity index (χ4v) is 1.75. The van der Waals surface area contributed by atoms with Crippen molar-refractivity contribution in [2.24, 2.45) is 5.73 Å². The van der Waals surface area contributed by atoms with Crippen molar-refractivity contribution in [3.8, 4) is 0 Å². The van der Waals surface area contributed by atoms with Crippen molar-refractivity contribution in [2.45, 2.75) is 13.5 Å². The molecule has 0 saturated heterocycles. The molecule has 0 bridgehead atoms. The molecule has 1 aromatic rings. The second kappa shape index (κ2) is 4.49. The Hall–Kier alpha value is -0.380. The van der Waals surface area contributed by atoms with E-state index in [4.69, 9.17) is 5.73 Å². The summed E-state index contributed by atoms with van der Waals surface area (Å²) in [6, 6.07) is 0. The van der Waals surface area contributed by atoms with Gasteiger partial charge >= 0.3 is 0 Å². The second-order valence-electron chi connectivity index (χ2n) is 2.55. The lowest BCUT2D eigenvalue weighted by atomic mass is 10.2. The van der Waals surface area contributed by atoms with Crippen molar-refractivity contribution in [1.29, 1.82) is 0 Å². The van der Waals surface area contributed by atoms with Gasteiger partial charge in [-0.05, 0) is 28.8 Å². The van der Waals surface area contributed by atoms with Gasteiger partial charge in [0.1, 0.15) is 0 Å². The molecule has 2 nitrogen and oxygen atoms in total. The average molecular weight is 170 g/mol. The highest BCUT2D eigenvalue weighted by Crippen LogP contribution is 2.12. The van der Waals surface area contributed by atoms with Gasteiger partial charge in [-0.15, -0.1) is 0 Å². The third kappa shape index (κ3) is 2.61. The van der Waals surface area contributed by atoms with Crippen LogP contribution < -0.4 is 11.1 Å². The zero-order valence-electron chi connectivity index (χ0n) is 6.76. The van der Waals surface area contributed by atoms with Crippen LogP contribution in [-0.2, 0) is 6.54 Å². The molecule has 1 heterocycles. The van der Waals surface area contributed by atoms with E-state index in [1.807, 2.05) is 0 Å². The summed E-state index contributed by atoms with van der Waals surface area (Å²) < 4.78 is 0. The molecule has 0 amide bonds. The maximum Gasteiger partial charge on any atom is 0.0216 e. The highest BCUT2D eigenvalue weighted by Gasteiger charge is 1.96. The van der Waals surface area contributed by atoms with Gasteiger partial charge in [0.2, 0.25) is 0 Å². The van der Waals surface area contributed by atoms with Crippen LogP contribution in [-0.4, -0.2) is 13.1 Å². The molecular formula is C8H14N2S. The number of nitrogens with one attached hydrogen (secondary N) is 1. The molecule has 0 aliphatic carbocycles. The molecule has 0 aliphatic heterocycles. The number of hydrogen-bond donors (Lipinski definition) is 2. The summed E-state index contributed by atoms with van der Waals surface area (Å²) in [6.07, 6.45) is 0. The van der Waals surface area contributed by atoms with Gasteiger partial charge in [0, 0.05) is 19.6 Å². The topological polar surface area (TPSA) is 38.0 Å². The van der Waals surface area contributed by atoms with E-state index in [2.05, 4.69) is 23.0 Å². The Kier molecular flexibility index (Phi) is 3.56. The molecule has 3 heteroatoms. The van der Waals surface area contributed by atoms with Crippen LogP contribution in [0.4, 0.5) is 0 Å². The van der Waals surface area contributed by atoms with E-state index >= 15 is 0 Å². The number of nitrogens with two attached hydrogens (primary N) is 1. The predicted octanol–water partition coefficient (Wildman–Crippen LogP) is 1.10. The van der Waals surface area contributed by atoms with Crippen LogP contribution in [0.25, 0.3) is 0 Å². The van der Waals surface area contributed by atoms with E-state index in [0.717, 1.165) is 13.1 Å². The van der Waals surface area contributed by atoms with Gasteiger partial charge in [-0.3, -0.25) is 0 Å². The third-order valence-electron chi connectivity index (χ3n) is 1.60. The number of hydrogen-bond acceptors (Lipinski definition) is 3. The van der Waals surface area contributed by atoms with Crippen LogP contribution in [0.15, 0.2) is 10.8 Å². The van der Waals surface area contributed by atoms with Gasteiger partial charge in [0.05, 0.1) is 0 Å². The summed E-state index contributed by atoms with van der Waals surface area (Å²) in [5, 5.41) is 7.61. The lowest BCUT2D eigenvalue weighted by Gasteiger charge is -2.00. The van der Waals surface area contributed by atoms with E-state index in [1.54, 1.807) is 11.3 Å². The molecule has 0 fully saturated rings. The van der Waals surface area contributed by atoms with Crippen molar-refractivity contribution < 1.29 is 0 Å². The quantitative estimate of drug-likeness (QED) is 0.664. The Morgan fingerprint density at radius 2 is 2.36 bits per heavy atom. The molecule has 0 aromatic carbocycles. The lowest BCUT2D eigenvalue weighted by molar-refractivity contribution is 0.694. The van der Waals surface area contributed by atoms with Gasteiger partial charge in [0.25, 0.3) is 0 Å². The first kappa shape index (κ1) is 8.71. The normalized spacial score (nSPS) is 10.4. The summed E-state index contributed by atoms with van der Waals surface area (Å²) in [6.45, 7) is 4.70. The zero-order valence-corrected chi connectivity index (χ0v) is 7.58. The largest absolute Gasteiger partial charge is 0.329 e. The fourth-order valence-electron chi connectivity index (χ4n) is 0.893. The molecule has 0 radical (unpaired) electrons. The Labute approximate surface area is 71.4 Å². The Morgan fingerprint density at radius 3 is 2.91 bits per heavy atom. The van der Waals surface area contributed by atoms with Gasteiger partial charge in [-0.2, -0.15) is 11.3 Å². The monoisotopic (exact) mass is 170 g/mol. The Balaban J connectivity index is 2.32. The highest BCUT2D eigenvalue weighted by atomic mass is 32.1. The third-order valence-corrected chi connectivity index (χ3v) is 2.51. The SMILES string of the molecule is Cc1cscc1CNCCN. The molecular weight excluding hydrogens is 156 g/mol. The minimum atomic E-state index is 0.711. The molecule has 0 aliphatic rings. The smallest absolute Gasteiger partial charge is 0.0216 e. The molecule has 0 unspecified atom stereocenters. The molecule has 11 heavy (non-hydrogen) atoms. The summed E-state index contributed by atoms with van der Waals surface area (Å²) in [5.41, 5.74) is 8.11. The molecule has 0 spiro atoms. The minimum Gasteiger partial charge on any atom is -0.329 e. The fraction of sp³-hybridized carbons (Fsp3) is 0.500. The van der Waals surface area contributed by atoms with Gasteiger partial charge in [0.15, 0.2) is 0 Å². The first-order valence-corrected chi connectivity index (χ1v) is 4.71. The van der Waals surface area contributed by atoms with E-state index < -0.39 is 0 Å². The molecule has 0 atom stereocenters. The van der Waals surface area contributed by atoms with Gasteiger partial charge in [-0.25, -0.2) is 0 Å². The van der Waals surface area contributed by atoms with Crippen LogP contribution in [0.3, 0.4) is 0 Å². The maximum atomic E-state index is 5.35. The number of thiophene rings is 1. The van der Waals surface area contributed by atoms with Crippen LogP contribution in [0.5, 0.6) is 0 Å². The van der Waals surface area contributed by atoms with Crippen molar-refractivity contribution in [3.63, 3.8) is 0 Å². The zero-order chi connectivity index (χ0) is 8.10. The van der Waals surface area contributed by atoms with Crippen LogP contribution in [0.2, 0.25) is 0 Å². The maximum absolute atomic E-state index is 5.35. The molecule has 62 valence electrons. The molecule has 3 N–H and O–H groups in total. The molecule has 1 rings (SSSR count). The van der Waals surface area contributed by atoms with Crippen molar-refractivity contribution in [3.05, 3.63) is 21.9 Å². The van der Waals surface area contributed by atoms with Crippen LogP contribution >= 0.6 is 11.3 Å².